The molecule has 0 saturated carbocycles. The molecule has 0 saturated heterocycles. The Morgan fingerprint density at radius 2 is 2.05 bits per heavy atom. The highest BCUT2D eigenvalue weighted by atomic mass is 16.5. The zero-order valence-corrected chi connectivity index (χ0v) is 12.3. The van der Waals surface area contributed by atoms with Gasteiger partial charge in [-0.25, -0.2) is 0 Å². The molecule has 0 unspecified atom stereocenters. The van der Waals surface area contributed by atoms with Crippen LogP contribution in [0.1, 0.15) is 46.0 Å². The summed E-state index contributed by atoms with van der Waals surface area (Å²) in [5.41, 5.74) is 1.16. The minimum Gasteiger partial charge on any atom is -0.389 e. The third kappa shape index (κ3) is 5.70. The number of rotatable bonds is 1. The number of ether oxygens (including phenoxy) is 1. The second kappa shape index (κ2) is 8.28. The molecule has 0 aromatic heterocycles. The van der Waals surface area contributed by atoms with Gasteiger partial charge in [-0.2, -0.15) is 0 Å². The van der Waals surface area contributed by atoms with Gasteiger partial charge in [-0.3, -0.25) is 4.79 Å². The Bertz CT molecular complexity index is 344. The summed E-state index contributed by atoms with van der Waals surface area (Å²) in [6.45, 7) is 4.00. The number of hydrogen-bond acceptors (Lipinski definition) is 3. The topological polar surface area (TPSA) is 46.5 Å². The molecule has 3 atom stereocenters. The van der Waals surface area contributed by atoms with E-state index in [4.69, 9.17) is 4.74 Å². The average Bonchev–Trinajstić information content (AvgIpc) is 2.39. The monoisotopic (exact) mass is 266 g/mol. The second-order valence-electron chi connectivity index (χ2n) is 5.42. The van der Waals surface area contributed by atoms with E-state index in [1.165, 1.54) is 0 Å². The van der Waals surface area contributed by atoms with E-state index < -0.39 is 6.10 Å². The van der Waals surface area contributed by atoms with Crippen LogP contribution in [0.5, 0.6) is 0 Å². The maximum Gasteiger partial charge on any atom is 0.133 e. The minimum atomic E-state index is -0.548. The van der Waals surface area contributed by atoms with Gasteiger partial charge < -0.3 is 9.84 Å². The van der Waals surface area contributed by atoms with Crippen LogP contribution in [0.4, 0.5) is 0 Å². The first-order chi connectivity index (χ1) is 9.04. The summed E-state index contributed by atoms with van der Waals surface area (Å²) in [7, 11) is 1.61. The zero-order chi connectivity index (χ0) is 14.3. The van der Waals surface area contributed by atoms with Crippen molar-refractivity contribution in [2.75, 3.05) is 7.11 Å². The molecule has 0 aliphatic heterocycles. The maximum absolute atomic E-state index is 11.7. The third-order valence-corrected chi connectivity index (χ3v) is 3.65. The lowest BCUT2D eigenvalue weighted by Gasteiger charge is -2.23. The number of Topliss-reactive ketones (excluding diaryl/α,β-unsaturated/α-hetero) is 1. The summed E-state index contributed by atoms with van der Waals surface area (Å²) in [6.07, 6.45) is 8.92. The van der Waals surface area contributed by atoms with Crippen molar-refractivity contribution < 1.29 is 14.6 Å². The lowest BCUT2D eigenvalue weighted by atomic mass is 9.95. The number of aliphatic hydroxyl groups is 1. The fraction of sp³-hybridized carbons (Fsp3) is 0.688. The Morgan fingerprint density at radius 3 is 2.74 bits per heavy atom. The molecule has 108 valence electrons. The van der Waals surface area contributed by atoms with Gasteiger partial charge >= 0.3 is 0 Å². The average molecular weight is 266 g/mol. The summed E-state index contributed by atoms with van der Waals surface area (Å²) >= 11 is 0. The van der Waals surface area contributed by atoms with Gasteiger partial charge in [0, 0.05) is 25.9 Å². The van der Waals surface area contributed by atoms with Crippen molar-refractivity contribution in [1.82, 2.24) is 0 Å². The van der Waals surface area contributed by atoms with Gasteiger partial charge in [0.25, 0.3) is 0 Å². The van der Waals surface area contributed by atoms with Gasteiger partial charge in [0.05, 0.1) is 6.10 Å². The molecule has 1 N–H and O–H groups in total. The van der Waals surface area contributed by atoms with E-state index in [0.29, 0.717) is 18.6 Å². The molecule has 0 amide bonds. The summed E-state index contributed by atoms with van der Waals surface area (Å²) in [5, 5.41) is 10.3. The fourth-order valence-corrected chi connectivity index (χ4v) is 2.37. The van der Waals surface area contributed by atoms with E-state index in [2.05, 4.69) is 6.08 Å². The number of carbonyl (C=O) groups excluding carboxylic acids is 1. The lowest BCUT2D eigenvalue weighted by molar-refractivity contribution is -0.119. The van der Waals surface area contributed by atoms with E-state index in [0.717, 1.165) is 24.8 Å². The molecule has 1 rings (SSSR count). The minimum absolute atomic E-state index is 0.0189. The number of allylic oxidation sites excluding steroid dienone is 2. The van der Waals surface area contributed by atoms with Crippen molar-refractivity contribution in [3.05, 3.63) is 23.8 Å². The highest BCUT2D eigenvalue weighted by molar-refractivity contribution is 5.78. The molecule has 0 aromatic carbocycles. The van der Waals surface area contributed by atoms with Gasteiger partial charge in [-0.1, -0.05) is 30.7 Å². The number of aliphatic hydroxyl groups excluding tert-OH is 1. The number of ketones is 1. The number of hydrogen-bond donors (Lipinski definition) is 1. The van der Waals surface area contributed by atoms with Crippen LogP contribution in [-0.4, -0.2) is 30.2 Å². The normalized spacial score (nSPS) is 35.5. The molecule has 19 heavy (non-hydrogen) atoms. The van der Waals surface area contributed by atoms with Gasteiger partial charge in [-0.05, 0) is 26.2 Å². The van der Waals surface area contributed by atoms with E-state index >= 15 is 0 Å². The van der Waals surface area contributed by atoms with Crippen LogP contribution in [-0.2, 0) is 9.53 Å². The highest BCUT2D eigenvalue weighted by Crippen LogP contribution is 2.18. The Hall–Kier alpha value is -0.930. The second-order valence-corrected chi connectivity index (χ2v) is 5.42. The Balaban J connectivity index is 2.82. The molecule has 0 spiro atoms. The number of carbonyl (C=O) groups is 1. The van der Waals surface area contributed by atoms with Crippen molar-refractivity contribution in [3.63, 3.8) is 0 Å². The largest absolute Gasteiger partial charge is 0.389 e. The van der Waals surface area contributed by atoms with Crippen LogP contribution < -0.4 is 0 Å². The molecular formula is C16H26O3. The van der Waals surface area contributed by atoms with Crippen LogP contribution in [0.15, 0.2) is 23.8 Å². The standard InChI is InChI=1S/C16H26O3/c1-12-9-10-14(17)7-5-4-6-8-15(19-3)16(18)13(2)11-12/h6,8,11,13,15-16,18H,4-5,7,9-10H2,1-3H3/b8-6+,12-11-/t13-,15+,16+/m1/s1. The van der Waals surface area contributed by atoms with Crippen molar-refractivity contribution in [2.24, 2.45) is 5.92 Å². The molecule has 0 bridgehead atoms. The van der Waals surface area contributed by atoms with Crippen LogP contribution >= 0.6 is 0 Å². The van der Waals surface area contributed by atoms with E-state index in [1.807, 2.05) is 26.0 Å². The van der Waals surface area contributed by atoms with Gasteiger partial charge in [0.15, 0.2) is 0 Å². The quantitative estimate of drug-likeness (QED) is 0.742. The Morgan fingerprint density at radius 1 is 1.32 bits per heavy atom. The van der Waals surface area contributed by atoms with Crippen molar-refractivity contribution in [3.8, 4) is 0 Å². The molecular weight excluding hydrogens is 240 g/mol. The highest BCUT2D eigenvalue weighted by Gasteiger charge is 2.21. The Labute approximate surface area is 116 Å². The van der Waals surface area contributed by atoms with E-state index in [1.54, 1.807) is 7.11 Å². The van der Waals surface area contributed by atoms with Crippen molar-refractivity contribution >= 4 is 5.78 Å². The summed E-state index contributed by atoms with van der Waals surface area (Å²) in [4.78, 5) is 11.7. The molecule has 3 nitrogen and oxygen atoms in total. The van der Waals surface area contributed by atoms with Gasteiger partial charge in [0.1, 0.15) is 11.9 Å². The third-order valence-electron chi connectivity index (χ3n) is 3.65. The lowest BCUT2D eigenvalue weighted by Crippen LogP contribution is -2.31. The van der Waals surface area contributed by atoms with Crippen LogP contribution in [0.2, 0.25) is 0 Å². The predicted octanol–water partition coefficient (Wildman–Crippen LogP) is 3.03. The van der Waals surface area contributed by atoms with E-state index in [-0.39, 0.29) is 12.0 Å². The molecule has 0 aromatic rings. The smallest absolute Gasteiger partial charge is 0.133 e. The van der Waals surface area contributed by atoms with Crippen LogP contribution in [0, 0.1) is 5.92 Å². The molecule has 1 aliphatic carbocycles. The predicted molar refractivity (Wildman–Crippen MR) is 77.0 cm³/mol. The SMILES string of the molecule is CO[C@H]1/C=C/CCCC(=O)CC/C(C)=C\[C@@H](C)[C@@H]1O. The van der Waals surface area contributed by atoms with Crippen molar-refractivity contribution in [1.29, 1.82) is 0 Å². The molecule has 0 radical (unpaired) electrons. The maximum atomic E-state index is 11.7. The Kier molecular flexibility index (Phi) is 7.03. The summed E-state index contributed by atoms with van der Waals surface area (Å²) in [6, 6.07) is 0. The van der Waals surface area contributed by atoms with Gasteiger partial charge in [-0.15, -0.1) is 0 Å². The zero-order valence-electron chi connectivity index (χ0n) is 12.3. The molecule has 0 fully saturated rings. The first-order valence-electron chi connectivity index (χ1n) is 7.11. The summed E-state index contributed by atoms with van der Waals surface area (Å²) in [5.74, 6) is 0.349. The van der Waals surface area contributed by atoms with Crippen LogP contribution in [0.3, 0.4) is 0 Å². The fourth-order valence-electron chi connectivity index (χ4n) is 2.37. The van der Waals surface area contributed by atoms with Crippen molar-refractivity contribution in [2.45, 2.75) is 58.2 Å². The first-order valence-corrected chi connectivity index (χ1v) is 7.11. The molecule has 3 heteroatoms. The van der Waals surface area contributed by atoms with Crippen LogP contribution in [0.25, 0.3) is 0 Å². The first kappa shape index (κ1) is 16.1. The van der Waals surface area contributed by atoms with E-state index in [9.17, 15) is 9.90 Å². The molecule has 1 aliphatic rings. The number of methoxy groups -OCH3 is 1. The molecule has 0 heterocycles. The summed E-state index contributed by atoms with van der Waals surface area (Å²) < 4.78 is 5.33. The van der Waals surface area contributed by atoms with Gasteiger partial charge in [0.2, 0.25) is 0 Å².